The van der Waals surface area contributed by atoms with Crippen LogP contribution in [0.5, 0.6) is 23.0 Å². The molecule has 0 saturated heterocycles. The molecular weight excluding hydrogens is 290 g/mol. The lowest BCUT2D eigenvalue weighted by Gasteiger charge is -2.07. The standard InChI is InChI=1S/C15H11NO6/c17-8-4-12(20)15-9(16-21)6-13(22-14(15)5-8)7-1-2-10(18)11(19)3-7/h1-6,17-21H. The molecule has 3 rings (SSSR count). The van der Waals surface area contributed by atoms with Crippen LogP contribution in [0.2, 0.25) is 0 Å². The highest BCUT2D eigenvalue weighted by Gasteiger charge is 2.12. The molecule has 112 valence electrons. The number of fused-ring (bicyclic) bond motifs is 1. The van der Waals surface area contributed by atoms with E-state index in [9.17, 15) is 20.4 Å². The summed E-state index contributed by atoms with van der Waals surface area (Å²) in [6.45, 7) is 0. The second-order valence-corrected chi connectivity index (χ2v) is 4.64. The Bertz CT molecular complexity index is 945. The van der Waals surface area contributed by atoms with E-state index in [1.807, 2.05) is 0 Å². The van der Waals surface area contributed by atoms with Gasteiger partial charge in [0.2, 0.25) is 0 Å². The van der Waals surface area contributed by atoms with Crippen molar-refractivity contribution < 1.29 is 30.1 Å². The van der Waals surface area contributed by atoms with Crippen molar-refractivity contribution in [1.29, 1.82) is 0 Å². The zero-order valence-corrected chi connectivity index (χ0v) is 11.1. The molecule has 3 aromatic rings. The van der Waals surface area contributed by atoms with Crippen LogP contribution < -0.4 is 5.36 Å². The Kier molecular flexibility index (Phi) is 3.03. The van der Waals surface area contributed by atoms with Crippen LogP contribution in [0.1, 0.15) is 0 Å². The number of phenolic OH excluding ortho intramolecular Hbond substituents is 4. The molecule has 7 heteroatoms. The molecule has 0 amide bonds. The van der Waals surface area contributed by atoms with Crippen molar-refractivity contribution in [3.8, 4) is 34.3 Å². The maximum Gasteiger partial charge on any atom is 0.158 e. The fraction of sp³-hybridized carbons (Fsp3) is 0. The summed E-state index contributed by atoms with van der Waals surface area (Å²) < 4.78 is 5.56. The molecule has 2 aromatic carbocycles. The molecule has 1 aromatic heterocycles. The Morgan fingerprint density at radius 1 is 0.818 bits per heavy atom. The van der Waals surface area contributed by atoms with Gasteiger partial charge in [-0.1, -0.05) is 5.16 Å². The summed E-state index contributed by atoms with van der Waals surface area (Å²) in [5, 5.41) is 50.6. The van der Waals surface area contributed by atoms with Crippen molar-refractivity contribution in [2.75, 3.05) is 0 Å². The smallest absolute Gasteiger partial charge is 0.158 e. The average Bonchev–Trinajstić information content (AvgIpc) is 2.48. The van der Waals surface area contributed by atoms with E-state index in [0.717, 1.165) is 6.07 Å². The van der Waals surface area contributed by atoms with Crippen LogP contribution in [0, 0.1) is 0 Å². The summed E-state index contributed by atoms with van der Waals surface area (Å²) in [5.74, 6) is -0.934. The van der Waals surface area contributed by atoms with E-state index in [2.05, 4.69) is 5.16 Å². The van der Waals surface area contributed by atoms with Crippen LogP contribution in [0.25, 0.3) is 22.3 Å². The maximum atomic E-state index is 9.84. The van der Waals surface area contributed by atoms with Crippen molar-refractivity contribution in [2.24, 2.45) is 5.16 Å². The fourth-order valence-corrected chi connectivity index (χ4v) is 2.17. The number of hydrogen-bond donors (Lipinski definition) is 5. The normalized spacial score (nSPS) is 11.9. The van der Waals surface area contributed by atoms with E-state index in [1.165, 1.54) is 30.3 Å². The quantitative estimate of drug-likeness (QED) is 0.266. The first-order chi connectivity index (χ1) is 10.5. The van der Waals surface area contributed by atoms with E-state index in [-0.39, 0.29) is 45.1 Å². The molecule has 0 saturated carbocycles. The second kappa shape index (κ2) is 4.88. The lowest BCUT2D eigenvalue weighted by Crippen LogP contribution is -2.03. The summed E-state index contributed by atoms with van der Waals surface area (Å²) in [5.41, 5.74) is 0.500. The van der Waals surface area contributed by atoms with Gasteiger partial charge in [0.1, 0.15) is 28.2 Å². The monoisotopic (exact) mass is 301 g/mol. The van der Waals surface area contributed by atoms with Crippen LogP contribution in [-0.2, 0) is 0 Å². The van der Waals surface area contributed by atoms with Gasteiger partial charge in [0.25, 0.3) is 0 Å². The Morgan fingerprint density at radius 2 is 1.59 bits per heavy atom. The van der Waals surface area contributed by atoms with Crippen molar-refractivity contribution >= 4 is 11.0 Å². The van der Waals surface area contributed by atoms with Gasteiger partial charge in [-0.15, -0.1) is 0 Å². The van der Waals surface area contributed by atoms with Gasteiger partial charge in [-0.2, -0.15) is 0 Å². The van der Waals surface area contributed by atoms with Gasteiger partial charge in [-0.05, 0) is 18.2 Å². The first-order valence-electron chi connectivity index (χ1n) is 6.20. The predicted molar refractivity (Wildman–Crippen MR) is 75.7 cm³/mol. The minimum Gasteiger partial charge on any atom is -0.508 e. The van der Waals surface area contributed by atoms with Gasteiger partial charge < -0.3 is 30.1 Å². The van der Waals surface area contributed by atoms with Gasteiger partial charge in [-0.25, -0.2) is 0 Å². The molecule has 0 atom stereocenters. The number of hydrogen-bond acceptors (Lipinski definition) is 7. The van der Waals surface area contributed by atoms with Crippen LogP contribution >= 0.6 is 0 Å². The number of aromatic hydroxyl groups is 4. The highest BCUT2D eigenvalue weighted by molar-refractivity contribution is 5.85. The van der Waals surface area contributed by atoms with Crippen molar-refractivity contribution in [2.45, 2.75) is 0 Å². The lowest BCUT2D eigenvalue weighted by atomic mass is 10.1. The van der Waals surface area contributed by atoms with Crippen LogP contribution in [0.15, 0.2) is 46.0 Å². The fourth-order valence-electron chi connectivity index (χ4n) is 2.17. The van der Waals surface area contributed by atoms with Crippen molar-refractivity contribution in [3.63, 3.8) is 0 Å². The lowest BCUT2D eigenvalue weighted by molar-refractivity contribution is 0.302. The molecule has 1 heterocycles. The molecule has 5 N–H and O–H groups in total. The second-order valence-electron chi connectivity index (χ2n) is 4.64. The first-order valence-corrected chi connectivity index (χ1v) is 6.20. The Balaban J connectivity index is 2.34. The molecule has 0 aliphatic carbocycles. The topological polar surface area (TPSA) is 127 Å². The third-order valence-corrected chi connectivity index (χ3v) is 3.18. The van der Waals surface area contributed by atoms with Crippen LogP contribution in [-0.4, -0.2) is 25.6 Å². The van der Waals surface area contributed by atoms with E-state index in [0.29, 0.717) is 5.56 Å². The number of rotatable bonds is 1. The Labute approximate surface area is 123 Å². The third kappa shape index (κ3) is 2.14. The van der Waals surface area contributed by atoms with E-state index in [1.54, 1.807) is 0 Å². The van der Waals surface area contributed by atoms with Crippen molar-refractivity contribution in [1.82, 2.24) is 0 Å². The van der Waals surface area contributed by atoms with Crippen molar-refractivity contribution in [3.05, 3.63) is 41.8 Å². The van der Waals surface area contributed by atoms with E-state index < -0.39 is 0 Å². The zero-order chi connectivity index (χ0) is 15.9. The molecule has 0 aliphatic heterocycles. The molecule has 0 unspecified atom stereocenters. The summed E-state index contributed by atoms with van der Waals surface area (Å²) in [6, 6.07) is 7.74. The van der Waals surface area contributed by atoms with Gasteiger partial charge in [0, 0.05) is 23.8 Å². The predicted octanol–water partition coefficient (Wildman–Crippen LogP) is 2.21. The highest BCUT2D eigenvalue weighted by atomic mass is 16.4. The van der Waals surface area contributed by atoms with E-state index in [4.69, 9.17) is 9.62 Å². The van der Waals surface area contributed by atoms with Gasteiger partial charge in [0.15, 0.2) is 11.5 Å². The molecular formula is C15H11NO6. The SMILES string of the molecule is ON=c1cc(-c2ccc(O)c(O)c2)oc2cc(O)cc(O)c12. The minimum atomic E-state index is -0.339. The molecule has 0 aliphatic rings. The molecule has 0 spiro atoms. The molecule has 0 radical (unpaired) electrons. The van der Waals surface area contributed by atoms with Crippen LogP contribution in [0.3, 0.4) is 0 Å². The summed E-state index contributed by atoms with van der Waals surface area (Å²) in [6.07, 6.45) is 0. The number of benzene rings is 2. The average molecular weight is 301 g/mol. The van der Waals surface area contributed by atoms with E-state index >= 15 is 0 Å². The van der Waals surface area contributed by atoms with Gasteiger partial charge >= 0.3 is 0 Å². The van der Waals surface area contributed by atoms with Crippen LogP contribution in [0.4, 0.5) is 0 Å². The largest absolute Gasteiger partial charge is 0.508 e. The highest BCUT2D eigenvalue weighted by Crippen LogP contribution is 2.33. The summed E-state index contributed by atoms with van der Waals surface area (Å²) in [7, 11) is 0. The first kappa shape index (κ1) is 13.6. The Morgan fingerprint density at radius 3 is 2.27 bits per heavy atom. The number of nitrogens with zero attached hydrogens (tertiary/aromatic N) is 1. The summed E-state index contributed by atoms with van der Waals surface area (Å²) >= 11 is 0. The number of phenols is 4. The molecule has 0 bridgehead atoms. The Hall–Kier alpha value is -3.35. The zero-order valence-electron chi connectivity index (χ0n) is 11.1. The maximum absolute atomic E-state index is 9.84. The van der Waals surface area contributed by atoms with Gasteiger partial charge in [-0.3, -0.25) is 0 Å². The molecule has 7 nitrogen and oxygen atoms in total. The van der Waals surface area contributed by atoms with Gasteiger partial charge in [0.05, 0.1) is 5.39 Å². The third-order valence-electron chi connectivity index (χ3n) is 3.18. The minimum absolute atomic E-state index is 0.0290. The molecule has 0 fully saturated rings. The summed E-state index contributed by atoms with van der Waals surface area (Å²) in [4.78, 5) is 0. The molecule has 22 heavy (non-hydrogen) atoms.